The monoisotopic (exact) mass is 359 g/mol. The first-order chi connectivity index (χ1) is 11.5. The maximum Gasteiger partial charge on any atom is 0.266 e. The number of aromatic nitrogens is 2. The minimum atomic E-state index is -0.476. The lowest BCUT2D eigenvalue weighted by atomic mass is 10.2. The zero-order chi connectivity index (χ0) is 17.3. The van der Waals surface area contributed by atoms with Crippen molar-refractivity contribution in [3.05, 3.63) is 63.4 Å². The molecule has 0 fully saturated rings. The summed E-state index contributed by atoms with van der Waals surface area (Å²) in [6.45, 7) is 1.97. The number of nitrogens with zero attached hydrogens (tertiary/aromatic N) is 2. The number of hydrogen-bond acceptors (Lipinski definition) is 4. The Labute approximate surface area is 147 Å². The molecule has 0 saturated carbocycles. The van der Waals surface area contributed by atoms with Crippen molar-refractivity contribution >= 4 is 40.2 Å². The van der Waals surface area contributed by atoms with E-state index in [2.05, 4.69) is 4.98 Å². The van der Waals surface area contributed by atoms with Crippen LogP contribution >= 0.6 is 23.4 Å². The first kappa shape index (κ1) is 16.5. The number of hydrogen-bond donors (Lipinski definition) is 1. The fourth-order valence-corrected chi connectivity index (χ4v) is 3.21. The lowest BCUT2D eigenvalue weighted by molar-refractivity contribution is -0.115. The predicted octanol–water partition coefficient (Wildman–Crippen LogP) is 2.92. The minimum Gasteiger partial charge on any atom is -0.369 e. The van der Waals surface area contributed by atoms with Gasteiger partial charge in [-0.2, -0.15) is 0 Å². The smallest absolute Gasteiger partial charge is 0.266 e. The largest absolute Gasteiger partial charge is 0.369 e. The van der Waals surface area contributed by atoms with Gasteiger partial charge < -0.3 is 5.73 Å². The zero-order valence-corrected chi connectivity index (χ0v) is 14.4. The van der Waals surface area contributed by atoms with Gasteiger partial charge in [0.2, 0.25) is 5.91 Å². The van der Waals surface area contributed by atoms with Crippen LogP contribution in [0.2, 0.25) is 5.02 Å². The summed E-state index contributed by atoms with van der Waals surface area (Å²) in [4.78, 5) is 28.6. The molecule has 2 N–H and O–H groups in total. The van der Waals surface area contributed by atoms with E-state index in [4.69, 9.17) is 17.3 Å². The maximum atomic E-state index is 12.9. The molecule has 7 heteroatoms. The molecule has 1 amide bonds. The normalized spacial score (nSPS) is 10.9. The van der Waals surface area contributed by atoms with Crippen molar-refractivity contribution in [3.63, 3.8) is 0 Å². The molecule has 0 spiro atoms. The molecule has 122 valence electrons. The molecule has 0 aliphatic rings. The lowest BCUT2D eigenvalue weighted by Crippen LogP contribution is -2.23. The second-order valence-electron chi connectivity index (χ2n) is 5.29. The van der Waals surface area contributed by atoms with Crippen molar-refractivity contribution in [1.82, 2.24) is 9.55 Å². The lowest BCUT2D eigenvalue weighted by Gasteiger charge is -2.13. The standard InChI is InChI=1S/C17H14ClN3O2S/c1-10-2-5-12(6-3-10)21-16(23)13-7-4-11(18)8-14(13)20-17(21)24-9-15(19)22/h2-8H,9H2,1H3,(H2,19,22). The van der Waals surface area contributed by atoms with Crippen molar-refractivity contribution in [2.24, 2.45) is 5.73 Å². The van der Waals surface area contributed by atoms with E-state index in [1.165, 1.54) is 4.57 Å². The molecular weight excluding hydrogens is 346 g/mol. The second kappa shape index (κ2) is 6.67. The van der Waals surface area contributed by atoms with Gasteiger partial charge in [-0.15, -0.1) is 0 Å². The highest BCUT2D eigenvalue weighted by Crippen LogP contribution is 2.23. The quantitative estimate of drug-likeness (QED) is 0.574. The van der Waals surface area contributed by atoms with Gasteiger partial charge in [-0.1, -0.05) is 41.1 Å². The van der Waals surface area contributed by atoms with Gasteiger partial charge in [-0.3, -0.25) is 14.2 Å². The molecule has 0 aliphatic heterocycles. The summed E-state index contributed by atoms with van der Waals surface area (Å²) >= 11 is 7.12. The molecule has 0 aliphatic carbocycles. The summed E-state index contributed by atoms with van der Waals surface area (Å²) < 4.78 is 1.49. The van der Waals surface area contributed by atoms with E-state index in [0.29, 0.717) is 26.8 Å². The number of nitrogens with two attached hydrogens (primary N) is 1. The maximum absolute atomic E-state index is 12.9. The number of benzene rings is 2. The van der Waals surface area contributed by atoms with Gasteiger partial charge in [-0.25, -0.2) is 4.98 Å². The summed E-state index contributed by atoms with van der Waals surface area (Å²) in [5, 5.41) is 1.36. The molecular formula is C17H14ClN3O2S. The fraction of sp³-hybridized carbons (Fsp3) is 0.118. The van der Waals surface area contributed by atoms with Gasteiger partial charge in [0.15, 0.2) is 5.16 Å². The van der Waals surface area contributed by atoms with Gasteiger partial charge in [0.05, 0.1) is 22.3 Å². The van der Waals surface area contributed by atoms with Gasteiger partial charge >= 0.3 is 0 Å². The second-order valence-corrected chi connectivity index (χ2v) is 6.67. The third-order valence-electron chi connectivity index (χ3n) is 3.44. The van der Waals surface area contributed by atoms with E-state index in [1.807, 2.05) is 31.2 Å². The van der Waals surface area contributed by atoms with Gasteiger partial charge in [0, 0.05) is 5.02 Å². The Hall–Kier alpha value is -2.31. The van der Waals surface area contributed by atoms with Gasteiger partial charge in [0.25, 0.3) is 5.56 Å². The first-order valence-corrected chi connectivity index (χ1v) is 8.52. The van der Waals surface area contributed by atoms with Crippen molar-refractivity contribution in [1.29, 1.82) is 0 Å². The number of carbonyl (C=O) groups excluding carboxylic acids is 1. The van der Waals surface area contributed by atoms with Crippen LogP contribution in [0.25, 0.3) is 16.6 Å². The predicted molar refractivity (Wildman–Crippen MR) is 97.0 cm³/mol. The third-order valence-corrected chi connectivity index (χ3v) is 4.63. The van der Waals surface area contributed by atoms with E-state index >= 15 is 0 Å². The van der Waals surface area contributed by atoms with Crippen molar-refractivity contribution in [2.75, 3.05) is 5.75 Å². The molecule has 1 aromatic heterocycles. The SMILES string of the molecule is Cc1ccc(-n2c(SCC(N)=O)nc3cc(Cl)ccc3c2=O)cc1. The topological polar surface area (TPSA) is 78.0 Å². The van der Waals surface area contributed by atoms with Crippen LogP contribution in [0.1, 0.15) is 5.56 Å². The number of primary amides is 1. The molecule has 0 bridgehead atoms. The van der Waals surface area contributed by atoms with E-state index in [1.54, 1.807) is 18.2 Å². The summed E-state index contributed by atoms with van der Waals surface area (Å²) in [6, 6.07) is 12.4. The Morgan fingerprint density at radius 3 is 2.62 bits per heavy atom. The average molecular weight is 360 g/mol. The highest BCUT2D eigenvalue weighted by molar-refractivity contribution is 7.99. The highest BCUT2D eigenvalue weighted by Gasteiger charge is 2.14. The molecule has 2 aromatic carbocycles. The van der Waals surface area contributed by atoms with Crippen molar-refractivity contribution in [2.45, 2.75) is 12.1 Å². The summed E-state index contributed by atoms with van der Waals surface area (Å²) in [7, 11) is 0. The molecule has 0 atom stereocenters. The number of rotatable bonds is 4. The van der Waals surface area contributed by atoms with Gasteiger partial charge in [0.1, 0.15) is 0 Å². The molecule has 24 heavy (non-hydrogen) atoms. The van der Waals surface area contributed by atoms with Crippen LogP contribution in [0.5, 0.6) is 0 Å². The highest BCUT2D eigenvalue weighted by atomic mass is 35.5. The third kappa shape index (κ3) is 3.29. The molecule has 3 rings (SSSR count). The Kier molecular flexibility index (Phi) is 4.59. The van der Waals surface area contributed by atoms with Crippen LogP contribution in [-0.2, 0) is 4.79 Å². The van der Waals surface area contributed by atoms with E-state index in [0.717, 1.165) is 17.3 Å². The number of halogens is 1. The van der Waals surface area contributed by atoms with Crippen molar-refractivity contribution < 1.29 is 4.79 Å². The fourth-order valence-electron chi connectivity index (χ4n) is 2.29. The average Bonchev–Trinajstić information content (AvgIpc) is 2.54. The van der Waals surface area contributed by atoms with E-state index in [9.17, 15) is 9.59 Å². The molecule has 0 radical (unpaired) electrons. The molecule has 5 nitrogen and oxygen atoms in total. The number of thioether (sulfide) groups is 1. The Bertz CT molecular complexity index is 984. The van der Waals surface area contributed by atoms with Crippen LogP contribution in [0.15, 0.2) is 52.4 Å². The molecule has 3 aromatic rings. The van der Waals surface area contributed by atoms with Crippen LogP contribution in [-0.4, -0.2) is 21.2 Å². The van der Waals surface area contributed by atoms with Crippen LogP contribution in [0.4, 0.5) is 0 Å². The summed E-state index contributed by atoms with van der Waals surface area (Å²) in [5.41, 5.74) is 7.27. The molecule has 0 saturated heterocycles. The Morgan fingerprint density at radius 1 is 1.25 bits per heavy atom. The van der Waals surface area contributed by atoms with Gasteiger partial charge in [-0.05, 0) is 37.3 Å². The number of fused-ring (bicyclic) bond motifs is 1. The number of amides is 1. The van der Waals surface area contributed by atoms with Crippen molar-refractivity contribution in [3.8, 4) is 5.69 Å². The van der Waals surface area contributed by atoms with E-state index in [-0.39, 0.29) is 11.3 Å². The molecule has 1 heterocycles. The minimum absolute atomic E-state index is 0.0321. The number of aryl methyl sites for hydroxylation is 1. The van der Waals surface area contributed by atoms with Crippen LogP contribution in [0.3, 0.4) is 0 Å². The Morgan fingerprint density at radius 2 is 1.96 bits per heavy atom. The van der Waals surface area contributed by atoms with Crippen LogP contribution in [0, 0.1) is 6.92 Å². The first-order valence-electron chi connectivity index (χ1n) is 7.16. The van der Waals surface area contributed by atoms with E-state index < -0.39 is 5.91 Å². The number of carbonyl (C=O) groups is 1. The summed E-state index contributed by atoms with van der Waals surface area (Å²) in [5.74, 6) is -0.444. The Balaban J connectivity index is 2.27. The summed E-state index contributed by atoms with van der Waals surface area (Å²) in [6.07, 6.45) is 0. The zero-order valence-electron chi connectivity index (χ0n) is 12.8. The van der Waals surface area contributed by atoms with Crippen LogP contribution < -0.4 is 11.3 Å². The molecule has 0 unspecified atom stereocenters.